The second-order valence-corrected chi connectivity index (χ2v) is 23.8. The zero-order valence-electron chi connectivity index (χ0n) is 43.4. The van der Waals surface area contributed by atoms with Gasteiger partial charge in [-0.3, -0.25) is 9.55 Å². The van der Waals surface area contributed by atoms with E-state index in [-0.39, 0.29) is 32.8 Å². The number of aromatic nitrogens is 3. The molecule has 70 heavy (non-hydrogen) atoms. The number of hydrogen-bond donors (Lipinski definition) is 1. The van der Waals surface area contributed by atoms with Crippen LogP contribution in [0.4, 0.5) is 0 Å². The van der Waals surface area contributed by atoms with E-state index in [9.17, 15) is 5.11 Å². The Hall–Kier alpha value is -7.04. The predicted molar refractivity (Wildman–Crippen MR) is 295 cm³/mol. The number of imidazole rings is 1. The van der Waals surface area contributed by atoms with Crippen molar-refractivity contribution in [3.63, 3.8) is 0 Å². The highest BCUT2D eigenvalue weighted by Gasteiger charge is 2.36. The summed E-state index contributed by atoms with van der Waals surface area (Å²) in [7, 11) is 0. The summed E-state index contributed by atoms with van der Waals surface area (Å²) in [5, 5.41) is 12.7. The molecule has 2 heterocycles. The Morgan fingerprint density at radius 2 is 1.09 bits per heavy atom. The maximum atomic E-state index is 12.7. The average molecular weight is 918 g/mol. The van der Waals surface area contributed by atoms with Gasteiger partial charge in [-0.2, -0.15) is 0 Å². The molecule has 0 spiro atoms. The third-order valence-electron chi connectivity index (χ3n) is 15.1. The van der Waals surface area contributed by atoms with Crippen LogP contribution >= 0.6 is 0 Å². The van der Waals surface area contributed by atoms with Crippen molar-refractivity contribution in [2.24, 2.45) is 0 Å². The molecule has 352 valence electrons. The number of phenols is 1. The van der Waals surface area contributed by atoms with Crippen LogP contribution < -0.4 is 0 Å². The molecule has 0 bridgehead atoms. The Balaban J connectivity index is 1.29. The molecule has 4 nitrogen and oxygen atoms in total. The number of hydrogen-bond acceptors (Lipinski definition) is 3. The van der Waals surface area contributed by atoms with Gasteiger partial charge < -0.3 is 5.11 Å². The van der Waals surface area contributed by atoms with Crippen molar-refractivity contribution in [3.8, 4) is 67.5 Å². The van der Waals surface area contributed by atoms with E-state index < -0.39 is 0 Å². The molecule has 1 aliphatic carbocycles. The van der Waals surface area contributed by atoms with Gasteiger partial charge in [0.1, 0.15) is 11.6 Å². The van der Waals surface area contributed by atoms with Crippen molar-refractivity contribution in [2.75, 3.05) is 0 Å². The maximum absolute atomic E-state index is 12.7. The number of fused-ring (bicyclic) bond motifs is 4. The number of benzene rings is 7. The van der Waals surface area contributed by atoms with E-state index in [4.69, 9.17) is 9.97 Å². The number of para-hydroxylation sites is 1. The normalized spacial score (nSPS) is 13.7. The topological polar surface area (TPSA) is 50.9 Å². The van der Waals surface area contributed by atoms with Gasteiger partial charge in [-0.1, -0.05) is 205 Å². The Bertz CT molecular complexity index is 3480. The lowest BCUT2D eigenvalue weighted by Crippen LogP contribution is -2.19. The summed E-state index contributed by atoms with van der Waals surface area (Å²) < 4.78 is 2.31. The van der Waals surface area contributed by atoms with Gasteiger partial charge in [-0.05, 0) is 114 Å². The third kappa shape index (κ3) is 7.96. The summed E-state index contributed by atoms with van der Waals surface area (Å²) in [6.45, 7) is 29.3. The highest BCUT2D eigenvalue weighted by Crippen LogP contribution is 2.50. The molecule has 0 aliphatic heterocycles. The molecule has 7 aromatic carbocycles. The standard InChI is InChI=1S/C66H67N3O/c1-62(2,3)45-31-32-57(50(36-45)41-23-16-14-17-24-41)69-58-30-22-28-48(59(58)68-61(69)52-37-46(63(4,5)6)38-54(60(52)70)64(7,8)9)42-33-43(35-47(34-42)65(10,11)44-25-18-15-19-26-44)56-39-51-49-27-20-21-29-53(49)66(12,13)55(51)40-67-56/h14-40,70H,1-13H3. The number of pyridine rings is 1. The first-order chi connectivity index (χ1) is 33.0. The lowest BCUT2D eigenvalue weighted by atomic mass is 9.76. The molecule has 9 aromatic rings. The maximum Gasteiger partial charge on any atom is 0.149 e. The van der Waals surface area contributed by atoms with Gasteiger partial charge in [-0.15, -0.1) is 0 Å². The van der Waals surface area contributed by atoms with Crippen LogP contribution in [0, 0.1) is 0 Å². The van der Waals surface area contributed by atoms with E-state index in [2.05, 4.69) is 258 Å². The number of aromatic hydroxyl groups is 1. The van der Waals surface area contributed by atoms with E-state index in [1.807, 2.05) is 0 Å². The molecule has 2 aromatic heterocycles. The van der Waals surface area contributed by atoms with Crippen LogP contribution in [-0.2, 0) is 27.1 Å². The molecular formula is C66H67N3O. The third-order valence-corrected chi connectivity index (χ3v) is 15.1. The largest absolute Gasteiger partial charge is 0.507 e. The molecule has 0 unspecified atom stereocenters. The van der Waals surface area contributed by atoms with E-state index >= 15 is 0 Å². The SMILES string of the molecule is CC(C)(C)c1ccc(-n2c(-c3cc(C(C)(C)C)cc(C(C)(C)C)c3O)nc3c(-c4cc(-c5cc6c(cn5)C(C)(C)c5ccccc5-6)cc(C(C)(C)c5ccccc5)c4)cccc32)c(-c2ccccc2)c1. The van der Waals surface area contributed by atoms with E-state index in [0.29, 0.717) is 11.4 Å². The minimum atomic E-state index is -0.350. The molecule has 0 atom stereocenters. The van der Waals surface area contributed by atoms with E-state index in [1.54, 1.807) is 0 Å². The summed E-state index contributed by atoms with van der Waals surface area (Å²) in [6.07, 6.45) is 2.10. The van der Waals surface area contributed by atoms with Gasteiger partial charge in [0.05, 0.1) is 28.0 Å². The van der Waals surface area contributed by atoms with Crippen molar-refractivity contribution >= 4 is 11.0 Å². The molecule has 0 amide bonds. The molecule has 0 saturated heterocycles. The zero-order chi connectivity index (χ0) is 49.7. The smallest absolute Gasteiger partial charge is 0.149 e. The van der Waals surface area contributed by atoms with Crippen LogP contribution in [0.5, 0.6) is 5.75 Å². The summed E-state index contributed by atoms with van der Waals surface area (Å²) >= 11 is 0. The monoisotopic (exact) mass is 918 g/mol. The van der Waals surface area contributed by atoms with Crippen LogP contribution in [0.25, 0.3) is 72.7 Å². The van der Waals surface area contributed by atoms with Gasteiger partial charge >= 0.3 is 0 Å². The van der Waals surface area contributed by atoms with Crippen LogP contribution in [0.2, 0.25) is 0 Å². The lowest BCUT2D eigenvalue weighted by molar-refractivity contribution is 0.446. The van der Waals surface area contributed by atoms with Gasteiger partial charge in [0, 0.05) is 39.3 Å². The second kappa shape index (κ2) is 16.5. The summed E-state index contributed by atoms with van der Waals surface area (Å²) in [5.74, 6) is 0.951. The molecule has 1 aliphatic rings. The van der Waals surface area contributed by atoms with Gasteiger partial charge in [0.15, 0.2) is 0 Å². The fourth-order valence-electron chi connectivity index (χ4n) is 10.7. The van der Waals surface area contributed by atoms with Crippen molar-refractivity contribution in [3.05, 3.63) is 203 Å². The summed E-state index contributed by atoms with van der Waals surface area (Å²) in [5.41, 5.74) is 19.5. The Morgan fingerprint density at radius 3 is 1.77 bits per heavy atom. The van der Waals surface area contributed by atoms with Crippen LogP contribution in [-0.4, -0.2) is 19.6 Å². The fraction of sp³-hybridized carbons (Fsp3) is 0.273. The van der Waals surface area contributed by atoms with Crippen LogP contribution in [0.1, 0.15) is 129 Å². The molecule has 0 radical (unpaired) electrons. The molecule has 0 fully saturated rings. The number of nitrogens with zero attached hydrogens (tertiary/aromatic N) is 3. The van der Waals surface area contributed by atoms with Gasteiger partial charge in [0.2, 0.25) is 0 Å². The minimum Gasteiger partial charge on any atom is -0.507 e. The zero-order valence-corrected chi connectivity index (χ0v) is 43.4. The van der Waals surface area contributed by atoms with Crippen molar-refractivity contribution < 1.29 is 5.11 Å². The van der Waals surface area contributed by atoms with E-state index in [0.717, 1.165) is 61.4 Å². The first kappa shape index (κ1) is 46.7. The van der Waals surface area contributed by atoms with Crippen LogP contribution in [0.3, 0.4) is 0 Å². The van der Waals surface area contributed by atoms with Crippen LogP contribution in [0.15, 0.2) is 164 Å². The summed E-state index contributed by atoms with van der Waals surface area (Å²) in [4.78, 5) is 11.0. The molecular weight excluding hydrogens is 851 g/mol. The predicted octanol–water partition coefficient (Wildman–Crippen LogP) is 17.3. The van der Waals surface area contributed by atoms with Crippen molar-refractivity contribution in [2.45, 2.75) is 117 Å². The molecule has 10 rings (SSSR count). The Kier molecular flexibility index (Phi) is 11.0. The lowest BCUT2D eigenvalue weighted by Gasteiger charge is -2.28. The average Bonchev–Trinajstić information content (AvgIpc) is 3.82. The molecule has 4 heteroatoms. The number of phenolic OH excluding ortho intramolecular Hbond substituents is 1. The van der Waals surface area contributed by atoms with Gasteiger partial charge in [0.25, 0.3) is 0 Å². The second-order valence-electron chi connectivity index (χ2n) is 23.8. The first-order valence-corrected chi connectivity index (χ1v) is 25.0. The molecule has 1 N–H and O–H groups in total. The van der Waals surface area contributed by atoms with Gasteiger partial charge in [-0.25, -0.2) is 4.98 Å². The highest BCUT2D eigenvalue weighted by molar-refractivity contribution is 5.98. The Labute approximate surface area is 416 Å². The minimum absolute atomic E-state index is 0.0838. The summed E-state index contributed by atoms with van der Waals surface area (Å²) in [6, 6.07) is 57.4. The fourth-order valence-corrected chi connectivity index (χ4v) is 10.7. The first-order valence-electron chi connectivity index (χ1n) is 25.0. The molecule has 0 saturated carbocycles. The van der Waals surface area contributed by atoms with E-state index in [1.165, 1.54) is 38.9 Å². The highest BCUT2D eigenvalue weighted by atomic mass is 16.3. The quantitative estimate of drug-likeness (QED) is 0.173. The van der Waals surface area contributed by atoms with Crippen molar-refractivity contribution in [1.29, 1.82) is 0 Å². The Morgan fingerprint density at radius 1 is 0.457 bits per heavy atom. The number of rotatable bonds is 7. The van der Waals surface area contributed by atoms with Crippen molar-refractivity contribution in [1.82, 2.24) is 14.5 Å².